The predicted molar refractivity (Wildman–Crippen MR) is 110 cm³/mol. The second-order valence-corrected chi connectivity index (χ2v) is 6.79. The molecule has 0 fully saturated rings. The van der Waals surface area contributed by atoms with Gasteiger partial charge >= 0.3 is 0 Å². The van der Waals surface area contributed by atoms with Crippen molar-refractivity contribution in [2.45, 2.75) is 6.92 Å². The number of thiazole rings is 1. The fourth-order valence-corrected chi connectivity index (χ4v) is 3.36. The normalized spacial score (nSPS) is 10.8. The Balaban J connectivity index is 1.89. The highest BCUT2D eigenvalue weighted by Gasteiger charge is 2.11. The van der Waals surface area contributed by atoms with Crippen LogP contribution in [0.4, 0.5) is 0 Å². The van der Waals surface area contributed by atoms with Gasteiger partial charge in [-0.3, -0.25) is 0 Å². The van der Waals surface area contributed by atoms with E-state index in [1.165, 1.54) is 24.0 Å². The Morgan fingerprint density at radius 3 is 2.61 bits per heavy atom. The van der Waals surface area contributed by atoms with Crippen LogP contribution in [0, 0.1) is 29.6 Å². The van der Waals surface area contributed by atoms with E-state index in [0.717, 1.165) is 16.8 Å². The van der Waals surface area contributed by atoms with Crippen LogP contribution in [0.2, 0.25) is 0 Å². The van der Waals surface area contributed by atoms with E-state index < -0.39 is 0 Å². The molecule has 0 bridgehead atoms. The first-order chi connectivity index (χ1) is 13.6. The minimum Gasteiger partial charge on any atom is -0.493 e. The van der Waals surface area contributed by atoms with Crippen LogP contribution in [0.15, 0.2) is 47.8 Å². The van der Waals surface area contributed by atoms with Gasteiger partial charge in [-0.2, -0.15) is 10.5 Å². The summed E-state index contributed by atoms with van der Waals surface area (Å²) in [6, 6.07) is 17.6. The molecule has 1 heterocycles. The zero-order chi connectivity index (χ0) is 19.9. The Hall–Kier alpha value is -3.61. The molecule has 5 nitrogen and oxygen atoms in total. The first kappa shape index (κ1) is 19.2. The zero-order valence-corrected chi connectivity index (χ0v) is 16.3. The van der Waals surface area contributed by atoms with E-state index in [1.807, 2.05) is 42.6 Å². The number of rotatable bonds is 6. The largest absolute Gasteiger partial charge is 0.493 e. The molecular weight excluding hydrogens is 370 g/mol. The third-order valence-corrected chi connectivity index (χ3v) is 4.87. The molecule has 2 aromatic carbocycles. The summed E-state index contributed by atoms with van der Waals surface area (Å²) in [5.74, 6) is 0.983. The van der Waals surface area contributed by atoms with E-state index in [9.17, 15) is 5.26 Å². The van der Waals surface area contributed by atoms with Crippen molar-refractivity contribution >= 4 is 23.0 Å². The summed E-state index contributed by atoms with van der Waals surface area (Å²) in [5, 5.41) is 20.9. The lowest BCUT2D eigenvalue weighted by Gasteiger charge is -2.09. The Morgan fingerprint density at radius 1 is 1.14 bits per heavy atom. The average molecular weight is 387 g/mol. The van der Waals surface area contributed by atoms with Gasteiger partial charge in [0.15, 0.2) is 18.1 Å². The lowest BCUT2D eigenvalue weighted by atomic mass is 10.1. The van der Waals surface area contributed by atoms with Crippen LogP contribution in [0.3, 0.4) is 0 Å². The van der Waals surface area contributed by atoms with Crippen molar-refractivity contribution in [2.75, 3.05) is 13.7 Å². The molecule has 138 valence electrons. The highest BCUT2D eigenvalue weighted by atomic mass is 32.1. The summed E-state index contributed by atoms with van der Waals surface area (Å²) in [7, 11) is 1.53. The molecule has 0 saturated carbocycles. The van der Waals surface area contributed by atoms with Gasteiger partial charge in [0.1, 0.15) is 17.1 Å². The second-order valence-electron chi connectivity index (χ2n) is 5.93. The maximum Gasteiger partial charge on any atom is 0.174 e. The molecule has 0 amide bonds. The Bertz CT molecular complexity index is 1090. The van der Waals surface area contributed by atoms with Crippen molar-refractivity contribution in [3.63, 3.8) is 0 Å². The fraction of sp³-hybridized carbons (Fsp3) is 0.136. The summed E-state index contributed by atoms with van der Waals surface area (Å²) < 4.78 is 10.6. The van der Waals surface area contributed by atoms with Crippen molar-refractivity contribution in [1.82, 2.24) is 4.98 Å². The number of aryl methyl sites for hydroxylation is 1. The molecule has 0 aliphatic heterocycles. The quantitative estimate of drug-likeness (QED) is 0.550. The van der Waals surface area contributed by atoms with Crippen LogP contribution in [-0.4, -0.2) is 18.7 Å². The van der Waals surface area contributed by atoms with Crippen LogP contribution >= 0.6 is 11.3 Å². The molecule has 0 aliphatic rings. The maximum atomic E-state index is 9.61. The molecule has 0 unspecified atom stereocenters. The van der Waals surface area contributed by atoms with Crippen LogP contribution in [-0.2, 0) is 0 Å². The lowest BCUT2D eigenvalue weighted by molar-refractivity contribution is 0.329. The molecule has 28 heavy (non-hydrogen) atoms. The van der Waals surface area contributed by atoms with Gasteiger partial charge in [0, 0.05) is 10.9 Å². The SMILES string of the molecule is COc1cc(/C=C(\C#N)c2nc(-c3ccc(C)cc3)cs2)ccc1OCC#N. The molecule has 6 heteroatoms. The molecule has 0 radical (unpaired) electrons. The van der Waals surface area contributed by atoms with Crippen molar-refractivity contribution in [3.8, 4) is 34.9 Å². The predicted octanol–water partition coefficient (Wildman–Crippen LogP) is 5.09. The van der Waals surface area contributed by atoms with Crippen molar-refractivity contribution < 1.29 is 9.47 Å². The number of hydrogen-bond donors (Lipinski definition) is 0. The van der Waals surface area contributed by atoms with Crippen molar-refractivity contribution in [2.24, 2.45) is 0 Å². The highest BCUT2D eigenvalue weighted by molar-refractivity contribution is 7.11. The van der Waals surface area contributed by atoms with E-state index in [0.29, 0.717) is 22.1 Å². The Labute approximate surface area is 167 Å². The summed E-state index contributed by atoms with van der Waals surface area (Å²) in [6.45, 7) is 1.98. The molecule has 0 saturated heterocycles. The van der Waals surface area contributed by atoms with Gasteiger partial charge in [0.2, 0.25) is 0 Å². The molecule has 1 aromatic heterocycles. The van der Waals surface area contributed by atoms with Gasteiger partial charge < -0.3 is 9.47 Å². The third kappa shape index (κ3) is 4.37. The number of hydrogen-bond acceptors (Lipinski definition) is 6. The molecular formula is C22H17N3O2S. The van der Waals surface area contributed by atoms with E-state index in [1.54, 1.807) is 24.3 Å². The highest BCUT2D eigenvalue weighted by Crippen LogP contribution is 2.31. The number of benzene rings is 2. The van der Waals surface area contributed by atoms with E-state index in [4.69, 9.17) is 14.7 Å². The van der Waals surface area contributed by atoms with Crippen molar-refractivity contribution in [1.29, 1.82) is 10.5 Å². The van der Waals surface area contributed by atoms with Gasteiger partial charge in [-0.1, -0.05) is 35.9 Å². The number of methoxy groups -OCH3 is 1. The second kappa shape index (κ2) is 8.85. The Kier molecular flexibility index (Phi) is 6.06. The van der Waals surface area contributed by atoms with Crippen LogP contribution in [0.1, 0.15) is 16.1 Å². The average Bonchev–Trinajstić information content (AvgIpc) is 3.21. The number of aromatic nitrogens is 1. The monoisotopic (exact) mass is 387 g/mol. The molecule has 3 aromatic rings. The molecule has 0 atom stereocenters. The van der Waals surface area contributed by atoms with Crippen LogP contribution < -0.4 is 9.47 Å². The van der Waals surface area contributed by atoms with Gasteiger partial charge in [-0.15, -0.1) is 11.3 Å². The minimum atomic E-state index is -0.0596. The molecule has 3 rings (SSSR count). The number of nitrogens with zero attached hydrogens (tertiary/aromatic N) is 3. The lowest BCUT2D eigenvalue weighted by Crippen LogP contribution is -1.96. The van der Waals surface area contributed by atoms with E-state index in [-0.39, 0.29) is 6.61 Å². The number of ether oxygens (including phenoxy) is 2. The topological polar surface area (TPSA) is 78.9 Å². The summed E-state index contributed by atoms with van der Waals surface area (Å²) in [6.07, 6.45) is 1.76. The number of nitriles is 2. The molecule has 0 spiro atoms. The minimum absolute atomic E-state index is 0.0596. The molecule has 0 N–H and O–H groups in total. The Morgan fingerprint density at radius 2 is 1.93 bits per heavy atom. The fourth-order valence-electron chi connectivity index (χ4n) is 2.57. The van der Waals surface area contributed by atoms with Gasteiger partial charge in [0.25, 0.3) is 0 Å². The summed E-state index contributed by atoms with van der Waals surface area (Å²) >= 11 is 1.43. The summed E-state index contributed by atoms with van der Waals surface area (Å²) in [5.41, 5.74) is 4.30. The first-order valence-electron chi connectivity index (χ1n) is 8.47. The van der Waals surface area contributed by atoms with Crippen molar-refractivity contribution in [3.05, 3.63) is 64.0 Å². The smallest absolute Gasteiger partial charge is 0.174 e. The van der Waals surface area contributed by atoms with Crippen LogP contribution in [0.5, 0.6) is 11.5 Å². The van der Waals surface area contributed by atoms with E-state index >= 15 is 0 Å². The third-order valence-electron chi connectivity index (χ3n) is 3.99. The van der Waals surface area contributed by atoms with Crippen LogP contribution in [0.25, 0.3) is 22.9 Å². The summed E-state index contributed by atoms with van der Waals surface area (Å²) in [4.78, 5) is 4.61. The first-order valence-corrected chi connectivity index (χ1v) is 9.35. The van der Waals surface area contributed by atoms with Gasteiger partial charge in [-0.25, -0.2) is 4.98 Å². The van der Waals surface area contributed by atoms with Gasteiger partial charge in [-0.05, 0) is 30.7 Å². The molecule has 0 aliphatic carbocycles. The standard InChI is InChI=1S/C22H17N3O2S/c1-15-3-6-17(7-4-15)19-14-28-22(25-19)18(13-24)11-16-5-8-20(27-10-9-23)21(12-16)26-2/h3-8,11-12,14H,10H2,1-2H3/b18-11+. The maximum absolute atomic E-state index is 9.61. The van der Waals surface area contributed by atoms with Gasteiger partial charge in [0.05, 0.1) is 18.4 Å². The number of allylic oxidation sites excluding steroid dienone is 1. The zero-order valence-electron chi connectivity index (χ0n) is 15.5. The van der Waals surface area contributed by atoms with E-state index in [2.05, 4.69) is 11.1 Å².